The van der Waals surface area contributed by atoms with Gasteiger partial charge < -0.3 is 5.32 Å². The molecule has 1 amide bonds. The predicted octanol–water partition coefficient (Wildman–Crippen LogP) is 3.08. The first kappa shape index (κ1) is 12.1. The van der Waals surface area contributed by atoms with E-state index in [2.05, 4.69) is 21.2 Å². The van der Waals surface area contributed by atoms with E-state index in [4.69, 9.17) is 0 Å². The molecule has 1 rings (SSSR count). The van der Waals surface area contributed by atoms with E-state index in [0.29, 0.717) is 6.42 Å². The van der Waals surface area contributed by atoms with Gasteiger partial charge in [-0.2, -0.15) is 0 Å². The normalized spacial score (nSPS) is 12.3. The van der Waals surface area contributed by atoms with Crippen LogP contribution >= 0.6 is 15.9 Å². The van der Waals surface area contributed by atoms with Crippen LogP contribution in [0.1, 0.15) is 13.3 Å². The first-order valence-electron chi connectivity index (χ1n) is 4.44. The summed E-state index contributed by atoms with van der Waals surface area (Å²) in [6, 6.07) is 3.23. The van der Waals surface area contributed by atoms with E-state index in [1.807, 2.05) is 6.92 Å². The Bertz CT molecular complexity index is 370. The van der Waals surface area contributed by atoms with Crippen molar-refractivity contribution in [2.24, 2.45) is 0 Å². The van der Waals surface area contributed by atoms with Crippen molar-refractivity contribution in [2.45, 2.75) is 18.2 Å². The van der Waals surface area contributed by atoms with Crippen LogP contribution in [-0.2, 0) is 4.79 Å². The summed E-state index contributed by atoms with van der Waals surface area (Å²) in [5, 5.41) is 2.47. The third kappa shape index (κ3) is 3.27. The molecule has 1 aromatic carbocycles. The van der Waals surface area contributed by atoms with Crippen molar-refractivity contribution in [3.8, 4) is 0 Å². The largest absolute Gasteiger partial charge is 0.325 e. The van der Waals surface area contributed by atoms with Gasteiger partial charge in [0.2, 0.25) is 5.91 Å². The first-order chi connectivity index (χ1) is 7.04. The van der Waals surface area contributed by atoms with Crippen LogP contribution < -0.4 is 5.32 Å². The molecule has 2 nitrogen and oxygen atoms in total. The molecule has 0 heterocycles. The summed E-state index contributed by atoms with van der Waals surface area (Å²) in [5.41, 5.74) is 0.247. The number of halogens is 3. The number of benzene rings is 1. The lowest BCUT2D eigenvalue weighted by Crippen LogP contribution is -2.22. The summed E-state index contributed by atoms with van der Waals surface area (Å²) >= 11 is 3.15. The molecule has 0 aromatic heterocycles. The number of hydrogen-bond acceptors (Lipinski definition) is 1. The van der Waals surface area contributed by atoms with Gasteiger partial charge in [-0.25, -0.2) is 8.78 Å². The highest BCUT2D eigenvalue weighted by Crippen LogP contribution is 2.15. The van der Waals surface area contributed by atoms with E-state index in [9.17, 15) is 13.6 Å². The summed E-state index contributed by atoms with van der Waals surface area (Å²) in [6.07, 6.45) is 0.621. The summed E-state index contributed by atoms with van der Waals surface area (Å²) in [7, 11) is 0. The molecule has 0 saturated heterocycles. The molecule has 15 heavy (non-hydrogen) atoms. The zero-order valence-corrected chi connectivity index (χ0v) is 9.64. The average Bonchev–Trinajstić information content (AvgIpc) is 2.22. The molecule has 0 aliphatic carbocycles. The molecule has 0 spiro atoms. The molecule has 1 aromatic rings. The fourth-order valence-corrected chi connectivity index (χ4v) is 1.09. The Balaban J connectivity index is 2.73. The Morgan fingerprint density at radius 1 is 1.47 bits per heavy atom. The molecule has 0 fully saturated rings. The minimum atomic E-state index is -0.976. The van der Waals surface area contributed by atoms with Crippen molar-refractivity contribution in [3.63, 3.8) is 0 Å². The molecule has 1 atom stereocenters. The van der Waals surface area contributed by atoms with Gasteiger partial charge >= 0.3 is 0 Å². The van der Waals surface area contributed by atoms with Gasteiger partial charge in [0.05, 0.1) is 4.83 Å². The van der Waals surface area contributed by atoms with Gasteiger partial charge in [-0.1, -0.05) is 22.9 Å². The molecular formula is C10H10BrF2NO. The van der Waals surface area contributed by atoms with Gasteiger partial charge in [0.15, 0.2) is 11.6 Å². The summed E-state index contributed by atoms with van der Waals surface area (Å²) in [6.45, 7) is 1.84. The fraction of sp³-hybridized carbons (Fsp3) is 0.300. The number of carbonyl (C=O) groups excluding carboxylic acids is 1. The van der Waals surface area contributed by atoms with Crippen molar-refractivity contribution in [1.82, 2.24) is 0 Å². The molecule has 0 aliphatic heterocycles. The van der Waals surface area contributed by atoms with Crippen LogP contribution in [0.4, 0.5) is 14.5 Å². The van der Waals surface area contributed by atoms with E-state index in [1.54, 1.807) is 0 Å². The topological polar surface area (TPSA) is 29.1 Å². The highest BCUT2D eigenvalue weighted by molar-refractivity contribution is 9.10. The number of amides is 1. The number of rotatable bonds is 3. The molecule has 0 bridgehead atoms. The van der Waals surface area contributed by atoms with Gasteiger partial charge in [0.1, 0.15) is 0 Å². The maximum absolute atomic E-state index is 12.8. The van der Waals surface area contributed by atoms with Crippen LogP contribution in [0.15, 0.2) is 18.2 Å². The lowest BCUT2D eigenvalue weighted by Gasteiger charge is -2.08. The zero-order valence-electron chi connectivity index (χ0n) is 8.06. The van der Waals surface area contributed by atoms with E-state index in [1.165, 1.54) is 6.07 Å². The van der Waals surface area contributed by atoms with Gasteiger partial charge in [-0.3, -0.25) is 4.79 Å². The highest BCUT2D eigenvalue weighted by Gasteiger charge is 2.13. The van der Waals surface area contributed by atoms with E-state index < -0.39 is 11.6 Å². The first-order valence-corrected chi connectivity index (χ1v) is 5.36. The molecule has 82 valence electrons. The smallest absolute Gasteiger partial charge is 0.238 e. The van der Waals surface area contributed by atoms with Gasteiger partial charge in [0.25, 0.3) is 0 Å². The minimum Gasteiger partial charge on any atom is -0.325 e. The summed E-state index contributed by atoms with van der Waals surface area (Å²) in [5.74, 6) is -2.18. The SMILES string of the molecule is CCC(Br)C(=O)Nc1ccc(F)c(F)c1. The summed E-state index contributed by atoms with van der Waals surface area (Å²) in [4.78, 5) is 11.0. The van der Waals surface area contributed by atoms with Crippen LogP contribution in [0, 0.1) is 11.6 Å². The van der Waals surface area contributed by atoms with E-state index in [0.717, 1.165) is 12.1 Å². The Hall–Kier alpha value is -0.970. The van der Waals surface area contributed by atoms with Crippen LogP contribution in [0.3, 0.4) is 0 Å². The second-order valence-electron chi connectivity index (χ2n) is 2.99. The van der Waals surface area contributed by atoms with Crippen LogP contribution in [0.2, 0.25) is 0 Å². The van der Waals surface area contributed by atoms with E-state index in [-0.39, 0.29) is 16.4 Å². The number of hydrogen-bond donors (Lipinski definition) is 1. The third-order valence-corrected chi connectivity index (χ3v) is 2.89. The Kier molecular flexibility index (Phi) is 4.20. The van der Waals surface area contributed by atoms with Crippen molar-refractivity contribution in [2.75, 3.05) is 5.32 Å². The Labute approximate surface area is 94.8 Å². The molecular weight excluding hydrogens is 268 g/mol. The van der Waals surface area contributed by atoms with Crippen LogP contribution in [0.25, 0.3) is 0 Å². The van der Waals surface area contributed by atoms with Crippen LogP contribution in [0.5, 0.6) is 0 Å². The number of nitrogens with one attached hydrogen (secondary N) is 1. The molecule has 1 N–H and O–H groups in total. The zero-order chi connectivity index (χ0) is 11.4. The Morgan fingerprint density at radius 2 is 2.13 bits per heavy atom. The average molecular weight is 278 g/mol. The minimum absolute atomic E-state index is 0.247. The standard InChI is InChI=1S/C10H10BrF2NO/c1-2-7(11)10(15)14-6-3-4-8(12)9(13)5-6/h3-5,7H,2H2,1H3,(H,14,15). The summed E-state index contributed by atoms with van der Waals surface area (Å²) < 4.78 is 25.3. The van der Waals surface area contributed by atoms with E-state index >= 15 is 0 Å². The lowest BCUT2D eigenvalue weighted by atomic mass is 10.2. The second-order valence-corrected chi connectivity index (χ2v) is 4.10. The third-order valence-electron chi connectivity index (χ3n) is 1.83. The van der Waals surface area contributed by atoms with Crippen molar-refractivity contribution < 1.29 is 13.6 Å². The molecule has 0 saturated carbocycles. The molecule has 1 unspecified atom stereocenters. The quantitative estimate of drug-likeness (QED) is 0.846. The van der Waals surface area contributed by atoms with Gasteiger partial charge in [-0.15, -0.1) is 0 Å². The fourth-order valence-electron chi connectivity index (χ4n) is 0.980. The number of alkyl halides is 1. The van der Waals surface area contributed by atoms with Crippen LogP contribution in [-0.4, -0.2) is 10.7 Å². The molecule has 0 radical (unpaired) electrons. The molecule has 0 aliphatic rings. The van der Waals surface area contributed by atoms with Gasteiger partial charge in [-0.05, 0) is 18.6 Å². The maximum Gasteiger partial charge on any atom is 0.238 e. The number of anilines is 1. The van der Waals surface area contributed by atoms with Crippen molar-refractivity contribution in [3.05, 3.63) is 29.8 Å². The molecule has 5 heteroatoms. The Morgan fingerprint density at radius 3 is 2.67 bits per heavy atom. The van der Waals surface area contributed by atoms with Crippen molar-refractivity contribution in [1.29, 1.82) is 0 Å². The lowest BCUT2D eigenvalue weighted by molar-refractivity contribution is -0.115. The second kappa shape index (κ2) is 5.21. The number of carbonyl (C=O) groups is 1. The maximum atomic E-state index is 12.8. The predicted molar refractivity (Wildman–Crippen MR) is 58.0 cm³/mol. The van der Waals surface area contributed by atoms with Gasteiger partial charge in [0, 0.05) is 11.8 Å². The monoisotopic (exact) mass is 277 g/mol. The highest BCUT2D eigenvalue weighted by atomic mass is 79.9. The van der Waals surface area contributed by atoms with Crippen molar-refractivity contribution >= 4 is 27.5 Å².